The predicted octanol–water partition coefficient (Wildman–Crippen LogP) is 1.85. The summed E-state index contributed by atoms with van der Waals surface area (Å²) < 4.78 is 6.67. The number of methoxy groups -OCH3 is 1. The molecule has 0 radical (unpaired) electrons. The van der Waals surface area contributed by atoms with Gasteiger partial charge < -0.3 is 15.4 Å². The van der Waals surface area contributed by atoms with Crippen molar-refractivity contribution in [1.29, 1.82) is 0 Å². The van der Waals surface area contributed by atoms with E-state index < -0.39 is 5.91 Å². The number of fused-ring (bicyclic) bond motifs is 1. The van der Waals surface area contributed by atoms with Gasteiger partial charge in [0.2, 0.25) is 5.91 Å². The fraction of sp³-hybridized carbons (Fsp3) is 0.167. The molecule has 0 saturated carbocycles. The molecule has 7 heteroatoms. The molecule has 3 rings (SSSR count). The Kier molecular flexibility index (Phi) is 5.06. The number of carbonyl (C=O) groups is 2. The van der Waals surface area contributed by atoms with Gasteiger partial charge in [-0.1, -0.05) is 18.2 Å². The lowest BCUT2D eigenvalue weighted by Crippen LogP contribution is -2.33. The zero-order valence-corrected chi connectivity index (χ0v) is 13.7. The van der Waals surface area contributed by atoms with Crippen molar-refractivity contribution in [2.75, 3.05) is 19.0 Å². The molecule has 0 aliphatic heterocycles. The van der Waals surface area contributed by atoms with Gasteiger partial charge in [0.05, 0.1) is 18.7 Å². The van der Waals surface area contributed by atoms with Crippen LogP contribution in [0.4, 0.5) is 5.69 Å². The summed E-state index contributed by atoms with van der Waals surface area (Å²) >= 11 is 0. The van der Waals surface area contributed by atoms with Crippen LogP contribution >= 0.6 is 0 Å². The summed E-state index contributed by atoms with van der Waals surface area (Å²) in [7, 11) is 1.61. The van der Waals surface area contributed by atoms with Crippen molar-refractivity contribution in [3.63, 3.8) is 0 Å². The van der Waals surface area contributed by atoms with Crippen LogP contribution in [0, 0.1) is 0 Å². The number of hydrogen-bond acceptors (Lipinski definition) is 4. The van der Waals surface area contributed by atoms with Crippen molar-refractivity contribution in [1.82, 2.24) is 14.9 Å². The van der Waals surface area contributed by atoms with Gasteiger partial charge in [-0.15, -0.1) is 0 Å². The standard InChI is InChI=1S/C18H18N4O3/c1-25-12-13-5-4-6-14(9-13)20-17(23)11-19-18(24)16-10-15-7-2-3-8-22(15)21-16/h2-10H,11-12H2,1H3,(H,19,24)(H,20,23). The Labute approximate surface area is 144 Å². The molecule has 0 unspecified atom stereocenters. The minimum atomic E-state index is -0.396. The molecule has 25 heavy (non-hydrogen) atoms. The molecule has 0 bridgehead atoms. The van der Waals surface area contributed by atoms with Gasteiger partial charge in [-0.3, -0.25) is 9.59 Å². The van der Waals surface area contributed by atoms with E-state index in [0.29, 0.717) is 12.3 Å². The zero-order valence-electron chi connectivity index (χ0n) is 13.7. The van der Waals surface area contributed by atoms with Crippen LogP contribution in [0.25, 0.3) is 5.52 Å². The number of nitrogens with zero attached hydrogens (tertiary/aromatic N) is 2. The third-order valence-electron chi connectivity index (χ3n) is 3.53. The number of carbonyl (C=O) groups excluding carboxylic acids is 2. The maximum Gasteiger partial charge on any atom is 0.272 e. The number of anilines is 1. The number of rotatable bonds is 6. The predicted molar refractivity (Wildman–Crippen MR) is 93.3 cm³/mol. The van der Waals surface area contributed by atoms with E-state index in [1.165, 1.54) is 0 Å². The van der Waals surface area contributed by atoms with Gasteiger partial charge in [0.25, 0.3) is 5.91 Å². The number of benzene rings is 1. The third-order valence-corrected chi connectivity index (χ3v) is 3.53. The van der Waals surface area contributed by atoms with Crippen molar-refractivity contribution < 1.29 is 14.3 Å². The number of aromatic nitrogens is 2. The summed E-state index contributed by atoms with van der Waals surface area (Å²) in [6.45, 7) is 0.329. The van der Waals surface area contributed by atoms with Crippen LogP contribution in [0.1, 0.15) is 16.1 Å². The van der Waals surface area contributed by atoms with Crippen LogP contribution in [-0.4, -0.2) is 35.1 Å². The van der Waals surface area contributed by atoms with Crippen LogP contribution in [0.15, 0.2) is 54.7 Å². The van der Waals surface area contributed by atoms with E-state index in [9.17, 15) is 9.59 Å². The molecule has 0 aliphatic carbocycles. The largest absolute Gasteiger partial charge is 0.380 e. The normalized spacial score (nSPS) is 10.6. The average molecular weight is 338 g/mol. The highest BCUT2D eigenvalue weighted by atomic mass is 16.5. The number of amides is 2. The van der Waals surface area contributed by atoms with Gasteiger partial charge in [0, 0.05) is 19.0 Å². The van der Waals surface area contributed by atoms with Gasteiger partial charge in [-0.05, 0) is 35.9 Å². The Morgan fingerprint density at radius 3 is 2.84 bits per heavy atom. The van der Waals surface area contributed by atoms with Gasteiger partial charge in [-0.2, -0.15) is 5.10 Å². The van der Waals surface area contributed by atoms with Crippen molar-refractivity contribution in [3.8, 4) is 0 Å². The topological polar surface area (TPSA) is 84.7 Å². The molecular formula is C18H18N4O3. The molecule has 0 saturated heterocycles. The molecule has 2 aromatic heterocycles. The monoisotopic (exact) mass is 338 g/mol. The second-order valence-corrected chi connectivity index (χ2v) is 5.46. The first-order valence-corrected chi connectivity index (χ1v) is 7.76. The SMILES string of the molecule is COCc1cccc(NC(=O)CNC(=O)c2cc3ccccn3n2)c1. The molecule has 0 fully saturated rings. The highest BCUT2D eigenvalue weighted by Crippen LogP contribution is 2.11. The molecule has 2 heterocycles. The minimum Gasteiger partial charge on any atom is -0.380 e. The summed E-state index contributed by atoms with van der Waals surface area (Å²) in [6.07, 6.45) is 1.76. The first-order valence-electron chi connectivity index (χ1n) is 7.76. The lowest BCUT2D eigenvalue weighted by Gasteiger charge is -2.07. The lowest BCUT2D eigenvalue weighted by molar-refractivity contribution is -0.115. The smallest absolute Gasteiger partial charge is 0.272 e. The van der Waals surface area contributed by atoms with Crippen LogP contribution < -0.4 is 10.6 Å². The van der Waals surface area contributed by atoms with Crippen LogP contribution in [0.3, 0.4) is 0 Å². The highest BCUT2D eigenvalue weighted by Gasteiger charge is 2.12. The Hall–Kier alpha value is -3.19. The van der Waals surface area contributed by atoms with E-state index in [1.54, 1.807) is 30.0 Å². The molecule has 0 spiro atoms. The molecule has 7 nitrogen and oxygen atoms in total. The maximum atomic E-state index is 12.1. The quantitative estimate of drug-likeness (QED) is 0.718. The third kappa shape index (κ3) is 4.21. The van der Waals surface area contributed by atoms with E-state index >= 15 is 0 Å². The van der Waals surface area contributed by atoms with Crippen LogP contribution in [-0.2, 0) is 16.1 Å². The second-order valence-electron chi connectivity index (χ2n) is 5.46. The summed E-state index contributed by atoms with van der Waals surface area (Å²) in [5.41, 5.74) is 2.68. The first-order chi connectivity index (χ1) is 12.2. The van der Waals surface area contributed by atoms with Crippen molar-refractivity contribution in [2.45, 2.75) is 6.61 Å². The van der Waals surface area contributed by atoms with Gasteiger partial charge in [0.15, 0.2) is 5.69 Å². The molecular weight excluding hydrogens is 320 g/mol. The van der Waals surface area contributed by atoms with Gasteiger partial charge >= 0.3 is 0 Å². The maximum absolute atomic E-state index is 12.1. The number of nitrogens with one attached hydrogen (secondary N) is 2. The van der Waals surface area contributed by atoms with Crippen LogP contribution in [0.2, 0.25) is 0 Å². The van der Waals surface area contributed by atoms with Crippen molar-refractivity contribution in [3.05, 3.63) is 66.0 Å². The molecule has 2 N–H and O–H groups in total. The molecule has 0 atom stereocenters. The number of hydrogen-bond donors (Lipinski definition) is 2. The molecule has 2 amide bonds. The molecule has 0 aliphatic rings. The molecule has 3 aromatic rings. The highest BCUT2D eigenvalue weighted by molar-refractivity contribution is 5.98. The van der Waals surface area contributed by atoms with Gasteiger partial charge in [0.1, 0.15) is 0 Å². The summed E-state index contributed by atoms with van der Waals surface area (Å²) in [4.78, 5) is 24.1. The van der Waals surface area contributed by atoms with E-state index in [1.807, 2.05) is 36.4 Å². The Morgan fingerprint density at radius 1 is 1.16 bits per heavy atom. The lowest BCUT2D eigenvalue weighted by atomic mass is 10.2. The fourth-order valence-electron chi connectivity index (χ4n) is 2.41. The molecule has 1 aromatic carbocycles. The average Bonchev–Trinajstić information content (AvgIpc) is 3.04. The summed E-state index contributed by atoms with van der Waals surface area (Å²) in [5, 5.41) is 9.47. The fourth-order valence-corrected chi connectivity index (χ4v) is 2.41. The van der Waals surface area contributed by atoms with E-state index in [-0.39, 0.29) is 18.1 Å². The van der Waals surface area contributed by atoms with E-state index in [0.717, 1.165) is 11.1 Å². The Balaban J connectivity index is 1.56. The van der Waals surface area contributed by atoms with Crippen molar-refractivity contribution in [2.24, 2.45) is 0 Å². The van der Waals surface area contributed by atoms with E-state index in [2.05, 4.69) is 15.7 Å². The van der Waals surface area contributed by atoms with Crippen molar-refractivity contribution >= 4 is 23.0 Å². The zero-order chi connectivity index (χ0) is 17.6. The number of pyridine rings is 1. The van der Waals surface area contributed by atoms with E-state index in [4.69, 9.17) is 4.74 Å². The van der Waals surface area contributed by atoms with Crippen LogP contribution in [0.5, 0.6) is 0 Å². The minimum absolute atomic E-state index is 0.138. The molecule has 128 valence electrons. The summed E-state index contributed by atoms with van der Waals surface area (Å²) in [6, 6.07) is 14.6. The Bertz CT molecular complexity index is 871. The Morgan fingerprint density at radius 2 is 2.04 bits per heavy atom. The van der Waals surface area contributed by atoms with Gasteiger partial charge in [-0.25, -0.2) is 4.52 Å². The summed E-state index contributed by atoms with van der Waals surface area (Å²) in [5.74, 6) is -0.710. The first kappa shape index (κ1) is 16.7. The second kappa shape index (κ2) is 7.59. The number of ether oxygens (including phenoxy) is 1.